The van der Waals surface area contributed by atoms with Crippen molar-refractivity contribution in [2.24, 2.45) is 0 Å². The van der Waals surface area contributed by atoms with Gasteiger partial charge in [-0.1, -0.05) is 50.4 Å². The number of hydrogen-bond donors (Lipinski definition) is 0. The maximum Gasteiger partial charge on any atom is 0.173 e. The molecule has 0 amide bonds. The lowest BCUT2D eigenvalue weighted by atomic mass is 10.2. The van der Waals surface area contributed by atoms with E-state index in [1.54, 1.807) is 0 Å². The molecule has 0 aliphatic carbocycles. The highest BCUT2D eigenvalue weighted by Crippen LogP contribution is 2.24. The normalized spacial score (nSPS) is 10.4. The smallest absolute Gasteiger partial charge is 0.173 e. The van der Waals surface area contributed by atoms with Crippen LogP contribution in [0.1, 0.15) is 78.1 Å². The van der Waals surface area contributed by atoms with Crippen LogP contribution in [0, 0.1) is 47.4 Å². The standard InChI is InChI=1S/C26H42OSi2/c1-7-9-11-13-15-17-19-21-23-25-28(3,4)27-29(5,6)26-24-22-20-18-16-14-12-10-8-2/h7-12,21-26H2,1-6H3. The molecule has 0 aliphatic heterocycles. The first-order chi connectivity index (χ1) is 13.8. The van der Waals surface area contributed by atoms with Crippen LogP contribution in [0.2, 0.25) is 38.3 Å². The molecule has 0 unspecified atom stereocenters. The van der Waals surface area contributed by atoms with E-state index in [2.05, 4.69) is 87.4 Å². The van der Waals surface area contributed by atoms with Gasteiger partial charge in [-0.3, -0.25) is 0 Å². The van der Waals surface area contributed by atoms with Crippen molar-refractivity contribution in [3.8, 4) is 47.4 Å². The van der Waals surface area contributed by atoms with Gasteiger partial charge in [0.2, 0.25) is 0 Å². The van der Waals surface area contributed by atoms with Crippen LogP contribution in [0.15, 0.2) is 0 Å². The molecule has 0 aromatic heterocycles. The van der Waals surface area contributed by atoms with E-state index in [1.807, 2.05) is 0 Å². The van der Waals surface area contributed by atoms with Gasteiger partial charge in [-0.15, -0.1) is 0 Å². The second-order valence-corrected chi connectivity index (χ2v) is 17.6. The van der Waals surface area contributed by atoms with E-state index in [0.717, 1.165) is 38.5 Å². The van der Waals surface area contributed by atoms with Crippen LogP contribution in [-0.2, 0) is 4.12 Å². The highest BCUT2D eigenvalue weighted by atomic mass is 28.4. The summed E-state index contributed by atoms with van der Waals surface area (Å²) in [6.45, 7) is 13.8. The van der Waals surface area contributed by atoms with Crippen molar-refractivity contribution in [1.29, 1.82) is 0 Å². The molecule has 0 saturated carbocycles. The molecule has 0 fully saturated rings. The van der Waals surface area contributed by atoms with Gasteiger partial charge in [0.05, 0.1) is 0 Å². The molecule has 0 heterocycles. The monoisotopic (exact) mass is 426 g/mol. The zero-order valence-corrected chi connectivity index (χ0v) is 21.9. The Bertz CT molecular complexity index is 615. The van der Waals surface area contributed by atoms with Crippen molar-refractivity contribution in [3.63, 3.8) is 0 Å². The Labute approximate surface area is 184 Å². The second kappa shape index (κ2) is 17.5. The average Bonchev–Trinajstić information content (AvgIpc) is 2.64. The molecule has 0 bridgehead atoms. The Morgan fingerprint density at radius 1 is 0.517 bits per heavy atom. The Kier molecular flexibility index (Phi) is 16.7. The van der Waals surface area contributed by atoms with E-state index in [4.69, 9.17) is 4.12 Å². The summed E-state index contributed by atoms with van der Waals surface area (Å²) in [5.74, 6) is 24.5. The van der Waals surface area contributed by atoms with E-state index < -0.39 is 16.6 Å². The lowest BCUT2D eigenvalue weighted by Crippen LogP contribution is -2.44. The van der Waals surface area contributed by atoms with Crippen LogP contribution in [0.3, 0.4) is 0 Å². The van der Waals surface area contributed by atoms with Crippen molar-refractivity contribution in [2.75, 3.05) is 0 Å². The minimum absolute atomic E-state index is 0.930. The molecule has 160 valence electrons. The first-order valence-electron chi connectivity index (χ1n) is 11.4. The van der Waals surface area contributed by atoms with Gasteiger partial charge >= 0.3 is 0 Å². The average molecular weight is 427 g/mol. The molecule has 0 spiro atoms. The third-order valence-electron chi connectivity index (χ3n) is 4.50. The first kappa shape index (κ1) is 27.6. The fraction of sp³-hybridized carbons (Fsp3) is 0.692. The molecule has 0 aromatic rings. The molecule has 0 aromatic carbocycles. The first-order valence-corrected chi connectivity index (χ1v) is 17.7. The Balaban J connectivity index is 4.11. The van der Waals surface area contributed by atoms with Gasteiger partial charge in [0, 0.05) is 25.7 Å². The number of unbranched alkanes of at least 4 members (excludes halogenated alkanes) is 6. The summed E-state index contributed by atoms with van der Waals surface area (Å²) in [6, 6.07) is 2.35. The predicted molar refractivity (Wildman–Crippen MR) is 134 cm³/mol. The molecule has 0 radical (unpaired) electrons. The van der Waals surface area contributed by atoms with Gasteiger partial charge < -0.3 is 4.12 Å². The molecule has 29 heavy (non-hydrogen) atoms. The summed E-state index contributed by atoms with van der Waals surface area (Å²) < 4.78 is 6.69. The third-order valence-corrected chi connectivity index (χ3v) is 12.0. The van der Waals surface area contributed by atoms with Crippen molar-refractivity contribution in [1.82, 2.24) is 0 Å². The molecule has 3 heteroatoms. The largest absolute Gasteiger partial charge is 0.455 e. The topological polar surface area (TPSA) is 9.23 Å². The molecule has 0 rings (SSSR count). The summed E-state index contributed by atoms with van der Waals surface area (Å²) in [5.41, 5.74) is 0. The van der Waals surface area contributed by atoms with Gasteiger partial charge in [0.1, 0.15) is 0 Å². The summed E-state index contributed by atoms with van der Waals surface area (Å²) >= 11 is 0. The second-order valence-electron chi connectivity index (χ2n) is 8.74. The summed E-state index contributed by atoms with van der Waals surface area (Å²) in [5, 5.41) is 0. The molecule has 1 nitrogen and oxygen atoms in total. The van der Waals surface area contributed by atoms with Gasteiger partial charge in [-0.25, -0.2) is 0 Å². The van der Waals surface area contributed by atoms with Crippen LogP contribution < -0.4 is 0 Å². The summed E-state index contributed by atoms with van der Waals surface area (Å²) in [6.07, 6.45) is 10.8. The SMILES string of the molecule is CCCCC#CC#CCCC[Si](C)(C)O[Si](C)(C)CCCC#CC#CCCCC. The highest BCUT2D eigenvalue weighted by molar-refractivity contribution is 6.84. The Hall–Kier alpha value is -1.37. The fourth-order valence-corrected chi connectivity index (χ4v) is 11.9. The molecule has 0 atom stereocenters. The molecule has 0 N–H and O–H groups in total. The third kappa shape index (κ3) is 19.7. The van der Waals surface area contributed by atoms with E-state index >= 15 is 0 Å². The van der Waals surface area contributed by atoms with Crippen LogP contribution in [0.5, 0.6) is 0 Å². The van der Waals surface area contributed by atoms with Crippen LogP contribution in [0.25, 0.3) is 0 Å². The maximum absolute atomic E-state index is 6.69. The zero-order valence-electron chi connectivity index (χ0n) is 19.9. The Morgan fingerprint density at radius 3 is 1.14 bits per heavy atom. The summed E-state index contributed by atoms with van der Waals surface area (Å²) in [7, 11) is -3.24. The van der Waals surface area contributed by atoms with Gasteiger partial charge in [-0.05, 0) is 87.6 Å². The van der Waals surface area contributed by atoms with E-state index in [0.29, 0.717) is 0 Å². The number of hydrogen-bond acceptors (Lipinski definition) is 1. The number of rotatable bonds is 12. The maximum atomic E-state index is 6.69. The van der Waals surface area contributed by atoms with E-state index in [9.17, 15) is 0 Å². The van der Waals surface area contributed by atoms with Crippen molar-refractivity contribution in [3.05, 3.63) is 0 Å². The van der Waals surface area contributed by atoms with Crippen molar-refractivity contribution >= 4 is 16.6 Å². The summed E-state index contributed by atoms with van der Waals surface area (Å²) in [4.78, 5) is 0. The Morgan fingerprint density at radius 2 is 0.828 bits per heavy atom. The predicted octanol–water partition coefficient (Wildman–Crippen LogP) is 7.37. The lowest BCUT2D eigenvalue weighted by molar-refractivity contribution is 0.531. The van der Waals surface area contributed by atoms with E-state index in [1.165, 1.54) is 37.8 Å². The van der Waals surface area contributed by atoms with Gasteiger partial charge in [-0.2, -0.15) is 0 Å². The molecular formula is C26H42OSi2. The minimum Gasteiger partial charge on any atom is -0.455 e. The van der Waals surface area contributed by atoms with E-state index in [-0.39, 0.29) is 0 Å². The minimum atomic E-state index is -1.62. The van der Waals surface area contributed by atoms with Gasteiger partial charge in [0.25, 0.3) is 0 Å². The van der Waals surface area contributed by atoms with Crippen molar-refractivity contribution < 1.29 is 4.12 Å². The van der Waals surface area contributed by atoms with Crippen LogP contribution in [0.4, 0.5) is 0 Å². The molecule has 0 aliphatic rings. The quantitative estimate of drug-likeness (QED) is 0.180. The molecule has 0 saturated heterocycles. The fourth-order valence-electron chi connectivity index (χ4n) is 3.01. The highest BCUT2D eigenvalue weighted by Gasteiger charge is 2.31. The van der Waals surface area contributed by atoms with Gasteiger partial charge in [0.15, 0.2) is 16.6 Å². The lowest BCUT2D eigenvalue weighted by Gasteiger charge is -2.34. The molecular weight excluding hydrogens is 384 g/mol. The van der Waals surface area contributed by atoms with Crippen LogP contribution >= 0.6 is 0 Å². The zero-order chi connectivity index (χ0) is 21.8. The van der Waals surface area contributed by atoms with Crippen molar-refractivity contribution in [2.45, 2.75) is 116 Å². The van der Waals surface area contributed by atoms with Crippen LogP contribution in [-0.4, -0.2) is 16.6 Å².